The molecular weight excluding hydrogens is 414 g/mol. The first kappa shape index (κ1) is 23.6. The van der Waals surface area contributed by atoms with Crippen LogP contribution in [0.5, 0.6) is 11.5 Å². The van der Waals surface area contributed by atoms with E-state index in [0.717, 1.165) is 12.0 Å². The maximum atomic E-state index is 12.5. The molecule has 0 bridgehead atoms. The fourth-order valence-corrected chi connectivity index (χ4v) is 3.94. The van der Waals surface area contributed by atoms with E-state index in [4.69, 9.17) is 18.6 Å². The van der Waals surface area contributed by atoms with Crippen LogP contribution in [0.4, 0.5) is 0 Å². The summed E-state index contributed by atoms with van der Waals surface area (Å²) in [7, 11) is 1.29. The molecule has 1 unspecified atom stereocenters. The van der Waals surface area contributed by atoms with Crippen molar-refractivity contribution in [2.45, 2.75) is 65.5 Å². The minimum Gasteiger partial charge on any atom is -0.487 e. The van der Waals surface area contributed by atoms with Gasteiger partial charge in [-0.05, 0) is 51.5 Å². The minimum atomic E-state index is -0.750. The van der Waals surface area contributed by atoms with E-state index < -0.39 is 23.5 Å². The molecular formula is C24H31NO7. The highest BCUT2D eigenvalue weighted by atomic mass is 16.5. The molecule has 0 aliphatic carbocycles. The molecule has 2 aromatic rings. The van der Waals surface area contributed by atoms with E-state index in [1.54, 1.807) is 13.0 Å². The molecule has 1 aromatic carbocycles. The lowest BCUT2D eigenvalue weighted by atomic mass is 9.92. The largest absolute Gasteiger partial charge is 0.487 e. The van der Waals surface area contributed by atoms with Crippen molar-refractivity contribution in [3.63, 3.8) is 0 Å². The van der Waals surface area contributed by atoms with E-state index in [1.807, 2.05) is 27.7 Å². The Morgan fingerprint density at radius 1 is 1.25 bits per heavy atom. The van der Waals surface area contributed by atoms with Crippen molar-refractivity contribution in [1.29, 1.82) is 0 Å². The molecule has 0 saturated carbocycles. The van der Waals surface area contributed by atoms with Crippen LogP contribution < -0.4 is 20.4 Å². The molecule has 0 spiro atoms. The molecule has 1 amide bonds. The fourth-order valence-electron chi connectivity index (χ4n) is 3.94. The second-order valence-electron chi connectivity index (χ2n) is 9.23. The summed E-state index contributed by atoms with van der Waals surface area (Å²) >= 11 is 0. The van der Waals surface area contributed by atoms with Crippen LogP contribution in [-0.4, -0.2) is 37.2 Å². The first-order valence-electron chi connectivity index (χ1n) is 10.8. The van der Waals surface area contributed by atoms with Crippen LogP contribution in [0.1, 0.15) is 51.7 Å². The van der Waals surface area contributed by atoms with Crippen LogP contribution in [0, 0.1) is 12.8 Å². The van der Waals surface area contributed by atoms with Crippen molar-refractivity contribution in [2.24, 2.45) is 5.92 Å². The quantitative estimate of drug-likeness (QED) is 0.515. The zero-order valence-electron chi connectivity index (χ0n) is 19.5. The minimum absolute atomic E-state index is 0.191. The third-order valence-corrected chi connectivity index (χ3v) is 5.49. The lowest BCUT2D eigenvalue weighted by molar-refractivity contribution is -0.145. The molecule has 1 N–H and O–H groups in total. The summed E-state index contributed by atoms with van der Waals surface area (Å²) in [4.78, 5) is 36.6. The molecule has 8 heteroatoms. The molecule has 1 aliphatic rings. The maximum absolute atomic E-state index is 12.5. The molecule has 1 atom stereocenters. The van der Waals surface area contributed by atoms with Gasteiger partial charge in [-0.2, -0.15) is 0 Å². The van der Waals surface area contributed by atoms with Gasteiger partial charge in [0.05, 0.1) is 12.5 Å². The number of fused-ring (bicyclic) bond motifs is 3. The third kappa shape index (κ3) is 5.23. The summed E-state index contributed by atoms with van der Waals surface area (Å²) in [5, 5.41) is 3.30. The first-order valence-corrected chi connectivity index (χ1v) is 10.8. The maximum Gasteiger partial charge on any atom is 0.336 e. The van der Waals surface area contributed by atoms with Gasteiger partial charge in [0.25, 0.3) is 5.91 Å². The number of carbonyl (C=O) groups is 2. The molecule has 1 aliphatic heterocycles. The van der Waals surface area contributed by atoms with E-state index in [-0.39, 0.29) is 18.1 Å². The standard InChI is InChI=1S/C24H31NO7/c1-13(2)9-16(23(28)29-6)25-19(26)12-30-18-11-17-15(7-8-24(4,5)32-17)22-21(18)14(3)10-20(27)31-22/h10-11,13,16H,7-9,12H2,1-6H3,(H,25,26). The fraction of sp³-hybridized carbons (Fsp3) is 0.542. The normalized spacial score (nSPS) is 15.6. The van der Waals surface area contributed by atoms with Gasteiger partial charge in [-0.3, -0.25) is 4.79 Å². The van der Waals surface area contributed by atoms with E-state index >= 15 is 0 Å². The number of hydrogen-bond donors (Lipinski definition) is 1. The number of rotatable bonds is 7. The van der Waals surface area contributed by atoms with Crippen LogP contribution in [0.15, 0.2) is 21.3 Å². The lowest BCUT2D eigenvalue weighted by Gasteiger charge is -2.33. The number of methoxy groups -OCH3 is 1. The highest BCUT2D eigenvalue weighted by Gasteiger charge is 2.31. The molecule has 0 fully saturated rings. The van der Waals surface area contributed by atoms with Gasteiger partial charge in [0.2, 0.25) is 0 Å². The number of ether oxygens (including phenoxy) is 3. The van der Waals surface area contributed by atoms with Gasteiger partial charge in [0.1, 0.15) is 28.7 Å². The van der Waals surface area contributed by atoms with Gasteiger partial charge in [-0.1, -0.05) is 13.8 Å². The second-order valence-corrected chi connectivity index (χ2v) is 9.23. The molecule has 174 valence electrons. The van der Waals surface area contributed by atoms with E-state index in [0.29, 0.717) is 40.9 Å². The van der Waals surface area contributed by atoms with Gasteiger partial charge in [-0.15, -0.1) is 0 Å². The number of amides is 1. The highest BCUT2D eigenvalue weighted by Crippen LogP contribution is 2.42. The predicted molar refractivity (Wildman–Crippen MR) is 119 cm³/mol. The topological polar surface area (TPSA) is 104 Å². The van der Waals surface area contributed by atoms with Crippen LogP contribution in [0.25, 0.3) is 11.0 Å². The Balaban J connectivity index is 1.89. The van der Waals surface area contributed by atoms with Crippen LogP contribution >= 0.6 is 0 Å². The van der Waals surface area contributed by atoms with Crippen molar-refractivity contribution in [3.05, 3.63) is 33.7 Å². The smallest absolute Gasteiger partial charge is 0.336 e. The summed E-state index contributed by atoms with van der Waals surface area (Å²) < 4.78 is 22.3. The SMILES string of the molecule is COC(=O)C(CC(C)C)NC(=O)COc1cc2c(c3oc(=O)cc(C)c13)CCC(C)(C)O2. The number of hydrogen-bond acceptors (Lipinski definition) is 7. The second kappa shape index (κ2) is 9.22. The first-order chi connectivity index (χ1) is 15.0. The van der Waals surface area contributed by atoms with Gasteiger partial charge in [-0.25, -0.2) is 9.59 Å². The van der Waals surface area contributed by atoms with Crippen molar-refractivity contribution >= 4 is 22.8 Å². The monoisotopic (exact) mass is 445 g/mol. The highest BCUT2D eigenvalue weighted by molar-refractivity contribution is 5.92. The van der Waals surface area contributed by atoms with Crippen LogP contribution in [0.2, 0.25) is 0 Å². The summed E-state index contributed by atoms with van der Waals surface area (Å²) in [6, 6.07) is 2.39. The Labute approximate surface area is 187 Å². The number of carbonyl (C=O) groups excluding carboxylic acids is 2. The number of esters is 1. The molecule has 1 aromatic heterocycles. The van der Waals surface area contributed by atoms with Crippen LogP contribution in [0.3, 0.4) is 0 Å². The Morgan fingerprint density at radius 2 is 1.97 bits per heavy atom. The lowest BCUT2D eigenvalue weighted by Crippen LogP contribution is -2.44. The van der Waals surface area contributed by atoms with E-state index in [2.05, 4.69) is 5.32 Å². The third-order valence-electron chi connectivity index (χ3n) is 5.49. The van der Waals surface area contributed by atoms with Crippen molar-refractivity contribution in [1.82, 2.24) is 5.32 Å². The zero-order valence-corrected chi connectivity index (χ0v) is 19.5. The van der Waals surface area contributed by atoms with Gasteiger partial charge in [0.15, 0.2) is 6.61 Å². The van der Waals surface area contributed by atoms with Crippen molar-refractivity contribution in [3.8, 4) is 11.5 Å². The zero-order chi connectivity index (χ0) is 23.6. The van der Waals surface area contributed by atoms with Gasteiger partial charge < -0.3 is 23.9 Å². The van der Waals surface area contributed by atoms with Crippen molar-refractivity contribution in [2.75, 3.05) is 13.7 Å². The number of nitrogens with one attached hydrogen (secondary N) is 1. The Hall–Kier alpha value is -3.03. The average Bonchev–Trinajstić information content (AvgIpc) is 2.69. The summed E-state index contributed by atoms with van der Waals surface area (Å²) in [5.74, 6) is 0.190. The molecule has 32 heavy (non-hydrogen) atoms. The summed E-state index contributed by atoms with van der Waals surface area (Å²) in [6.07, 6.45) is 1.93. The Morgan fingerprint density at radius 3 is 2.62 bits per heavy atom. The average molecular weight is 446 g/mol. The Kier molecular flexibility index (Phi) is 6.81. The van der Waals surface area contributed by atoms with Crippen LogP contribution in [-0.2, 0) is 20.7 Å². The molecule has 3 rings (SSSR count). The van der Waals surface area contributed by atoms with E-state index in [1.165, 1.54) is 13.2 Å². The van der Waals surface area contributed by atoms with Gasteiger partial charge >= 0.3 is 11.6 Å². The Bertz CT molecular complexity index is 1080. The molecule has 8 nitrogen and oxygen atoms in total. The molecule has 0 saturated heterocycles. The molecule has 2 heterocycles. The van der Waals surface area contributed by atoms with E-state index in [9.17, 15) is 14.4 Å². The number of benzene rings is 1. The van der Waals surface area contributed by atoms with Crippen molar-refractivity contribution < 1.29 is 28.2 Å². The van der Waals surface area contributed by atoms with Gasteiger partial charge in [0, 0.05) is 17.7 Å². The number of aryl methyl sites for hydroxylation is 2. The summed E-state index contributed by atoms with van der Waals surface area (Å²) in [5.41, 5.74) is 1.10. The molecule has 0 radical (unpaired) electrons. The summed E-state index contributed by atoms with van der Waals surface area (Å²) in [6.45, 7) is 9.36. The predicted octanol–water partition coefficient (Wildman–Crippen LogP) is 3.29.